The van der Waals surface area contributed by atoms with Crippen LogP contribution in [0.15, 0.2) is 24.3 Å². The van der Waals surface area contributed by atoms with Gasteiger partial charge in [0.25, 0.3) is 0 Å². The number of fused-ring (bicyclic) bond motifs is 1. The number of rotatable bonds is 0. The Hall–Kier alpha value is -1.04. The maximum absolute atomic E-state index is 2.16. The first-order valence-corrected chi connectivity index (χ1v) is 3.49. The van der Waals surface area contributed by atoms with Gasteiger partial charge in [-0.25, -0.2) is 0 Å². The summed E-state index contributed by atoms with van der Waals surface area (Å²) >= 11 is 0. The average molecular weight is 129 g/mol. The van der Waals surface area contributed by atoms with Crippen molar-refractivity contribution in [2.75, 3.05) is 0 Å². The van der Waals surface area contributed by atoms with E-state index in [4.69, 9.17) is 0 Å². The van der Waals surface area contributed by atoms with Gasteiger partial charge in [-0.3, -0.25) is 0 Å². The molecular formula is C10H9. The van der Waals surface area contributed by atoms with Gasteiger partial charge in [0.15, 0.2) is 0 Å². The fourth-order valence-electron chi connectivity index (χ4n) is 1.32. The van der Waals surface area contributed by atoms with Gasteiger partial charge in [0, 0.05) is 6.42 Å². The minimum absolute atomic E-state index is 1.35. The van der Waals surface area contributed by atoms with Crippen molar-refractivity contribution in [2.24, 2.45) is 0 Å². The normalized spacial score (nSPS) is 13.7. The molecule has 0 nitrogen and oxygen atoms in total. The summed E-state index contributed by atoms with van der Waals surface area (Å²) in [6, 6.07) is 6.38. The smallest absolute Gasteiger partial charge is 0.0134 e. The highest BCUT2D eigenvalue weighted by Crippen LogP contribution is 2.23. The topological polar surface area (TPSA) is 0 Å². The van der Waals surface area contributed by atoms with Gasteiger partial charge in [-0.1, -0.05) is 30.4 Å². The summed E-state index contributed by atoms with van der Waals surface area (Å²) < 4.78 is 0. The van der Waals surface area contributed by atoms with Crippen molar-refractivity contribution >= 4 is 6.08 Å². The van der Waals surface area contributed by atoms with Crippen molar-refractivity contribution in [3.8, 4) is 0 Å². The van der Waals surface area contributed by atoms with Crippen molar-refractivity contribution in [1.82, 2.24) is 0 Å². The first kappa shape index (κ1) is 5.72. The first-order chi connectivity index (χ1) is 4.88. The van der Waals surface area contributed by atoms with Gasteiger partial charge in [0.05, 0.1) is 0 Å². The van der Waals surface area contributed by atoms with E-state index in [0.717, 1.165) is 0 Å². The number of allylic oxidation sites excluding steroid dienone is 1. The fraction of sp³-hybridized carbons (Fsp3) is 0.100. The van der Waals surface area contributed by atoms with E-state index in [0.29, 0.717) is 0 Å². The van der Waals surface area contributed by atoms with E-state index in [-0.39, 0.29) is 0 Å². The van der Waals surface area contributed by atoms with Crippen LogP contribution < -0.4 is 0 Å². The summed E-state index contributed by atoms with van der Waals surface area (Å²) in [4.78, 5) is 0. The van der Waals surface area contributed by atoms with Crippen molar-refractivity contribution < 1.29 is 0 Å². The highest BCUT2D eigenvalue weighted by molar-refractivity contribution is 5.66. The van der Waals surface area contributed by atoms with Crippen LogP contribution >= 0.6 is 0 Å². The van der Waals surface area contributed by atoms with Crippen LogP contribution in [0.4, 0.5) is 0 Å². The van der Waals surface area contributed by atoms with Crippen LogP contribution in [0.3, 0.4) is 0 Å². The predicted molar refractivity (Wildman–Crippen MR) is 43.6 cm³/mol. The van der Waals surface area contributed by atoms with Crippen molar-refractivity contribution in [3.05, 3.63) is 47.4 Å². The van der Waals surface area contributed by atoms with Gasteiger partial charge >= 0.3 is 0 Å². The Morgan fingerprint density at radius 2 is 2.10 bits per heavy atom. The third-order valence-corrected chi connectivity index (χ3v) is 1.90. The molecule has 0 heterocycles. The van der Waals surface area contributed by atoms with Gasteiger partial charge in [0.2, 0.25) is 0 Å². The van der Waals surface area contributed by atoms with Crippen LogP contribution in [0.1, 0.15) is 16.7 Å². The monoisotopic (exact) mass is 129 g/mol. The van der Waals surface area contributed by atoms with E-state index >= 15 is 0 Å². The SMILES string of the molecule is Cc1cccc2c1[CH]C=C2. The molecule has 1 aliphatic carbocycles. The quantitative estimate of drug-likeness (QED) is 0.505. The lowest BCUT2D eigenvalue weighted by atomic mass is 10.0. The Balaban J connectivity index is 2.66. The Morgan fingerprint density at radius 1 is 1.20 bits per heavy atom. The summed E-state index contributed by atoms with van der Waals surface area (Å²) in [5, 5.41) is 0. The van der Waals surface area contributed by atoms with E-state index in [1.807, 2.05) is 0 Å². The van der Waals surface area contributed by atoms with Crippen molar-refractivity contribution in [1.29, 1.82) is 0 Å². The minimum atomic E-state index is 1.35. The second-order valence-electron chi connectivity index (χ2n) is 2.60. The molecule has 0 heteroatoms. The second kappa shape index (κ2) is 1.98. The second-order valence-corrected chi connectivity index (χ2v) is 2.60. The Labute approximate surface area is 61.2 Å². The molecule has 0 unspecified atom stereocenters. The van der Waals surface area contributed by atoms with E-state index in [2.05, 4.69) is 43.7 Å². The zero-order valence-electron chi connectivity index (χ0n) is 5.96. The molecule has 0 amide bonds. The standard InChI is InChI=1S/C10H9/c1-8-4-2-5-9-6-3-7-10(8)9/h2-7H,1H3. The molecule has 0 N–H and O–H groups in total. The third kappa shape index (κ3) is 0.688. The molecule has 49 valence electrons. The van der Waals surface area contributed by atoms with Gasteiger partial charge in [0.1, 0.15) is 0 Å². The number of hydrogen-bond donors (Lipinski definition) is 0. The van der Waals surface area contributed by atoms with E-state index in [1.54, 1.807) is 0 Å². The fourth-order valence-corrected chi connectivity index (χ4v) is 1.32. The first-order valence-electron chi connectivity index (χ1n) is 3.49. The molecule has 0 saturated heterocycles. The van der Waals surface area contributed by atoms with Crippen LogP contribution in [-0.4, -0.2) is 0 Å². The zero-order valence-corrected chi connectivity index (χ0v) is 5.96. The highest BCUT2D eigenvalue weighted by atomic mass is 14.1. The molecule has 1 aromatic rings. The summed E-state index contributed by atoms with van der Waals surface area (Å²) in [6.07, 6.45) is 6.39. The third-order valence-electron chi connectivity index (χ3n) is 1.90. The van der Waals surface area contributed by atoms with Crippen LogP contribution in [0.5, 0.6) is 0 Å². The van der Waals surface area contributed by atoms with Crippen LogP contribution in [0.25, 0.3) is 6.08 Å². The molecule has 1 aliphatic rings. The molecule has 0 atom stereocenters. The van der Waals surface area contributed by atoms with Gasteiger partial charge < -0.3 is 0 Å². The largest absolute Gasteiger partial charge is 0.0754 e. The van der Waals surface area contributed by atoms with Crippen molar-refractivity contribution in [2.45, 2.75) is 6.92 Å². The molecule has 0 aliphatic heterocycles. The van der Waals surface area contributed by atoms with Crippen LogP contribution in [0, 0.1) is 13.3 Å². The maximum Gasteiger partial charge on any atom is 0.0134 e. The summed E-state index contributed by atoms with van der Waals surface area (Å²) in [5.74, 6) is 0. The molecule has 1 radical (unpaired) electrons. The molecule has 1 aromatic carbocycles. The Kier molecular flexibility index (Phi) is 1.13. The highest BCUT2D eigenvalue weighted by Gasteiger charge is 2.05. The summed E-state index contributed by atoms with van der Waals surface area (Å²) in [6.45, 7) is 2.14. The van der Waals surface area contributed by atoms with Gasteiger partial charge in [-0.15, -0.1) is 0 Å². The molecule has 10 heavy (non-hydrogen) atoms. The lowest BCUT2D eigenvalue weighted by Gasteiger charge is -2.00. The van der Waals surface area contributed by atoms with Crippen molar-refractivity contribution in [3.63, 3.8) is 0 Å². The Morgan fingerprint density at radius 3 is 2.90 bits per heavy atom. The van der Waals surface area contributed by atoms with Crippen LogP contribution in [-0.2, 0) is 0 Å². The number of benzene rings is 1. The summed E-state index contributed by atoms with van der Waals surface area (Å²) in [7, 11) is 0. The molecule has 2 rings (SSSR count). The molecule has 0 bridgehead atoms. The molecule has 0 spiro atoms. The Bertz CT molecular complexity index is 282. The molecular weight excluding hydrogens is 120 g/mol. The average Bonchev–Trinajstić information content (AvgIpc) is 2.36. The lowest BCUT2D eigenvalue weighted by molar-refractivity contribution is 1.39. The predicted octanol–water partition coefficient (Wildman–Crippen LogP) is 2.57. The minimum Gasteiger partial charge on any atom is -0.0754 e. The van der Waals surface area contributed by atoms with Gasteiger partial charge in [-0.2, -0.15) is 0 Å². The molecule has 0 saturated carbocycles. The van der Waals surface area contributed by atoms with E-state index < -0.39 is 0 Å². The van der Waals surface area contributed by atoms with Crippen LogP contribution in [0.2, 0.25) is 0 Å². The molecule has 0 fully saturated rings. The molecule has 0 aromatic heterocycles. The number of aryl methyl sites for hydroxylation is 1. The van der Waals surface area contributed by atoms with Gasteiger partial charge in [-0.05, 0) is 23.6 Å². The van der Waals surface area contributed by atoms with E-state index in [1.165, 1.54) is 16.7 Å². The maximum atomic E-state index is 2.16. The van der Waals surface area contributed by atoms with E-state index in [9.17, 15) is 0 Å². The lowest BCUT2D eigenvalue weighted by Crippen LogP contribution is -1.83. The zero-order chi connectivity index (χ0) is 6.97. The summed E-state index contributed by atoms with van der Waals surface area (Å²) in [5.41, 5.74) is 4.09. The number of hydrogen-bond acceptors (Lipinski definition) is 0.